The number of carbonyl (C=O) groups is 2. The van der Waals surface area contributed by atoms with E-state index >= 15 is 0 Å². The zero-order valence-electron chi connectivity index (χ0n) is 18.8. The third-order valence-corrected chi connectivity index (χ3v) is 5.64. The minimum absolute atomic E-state index is 0.00841. The highest BCUT2D eigenvalue weighted by Crippen LogP contribution is 2.24. The maximum atomic E-state index is 14.0. The second-order valence-corrected chi connectivity index (χ2v) is 8.33. The summed E-state index contributed by atoms with van der Waals surface area (Å²) in [5, 5.41) is 14.4. The molecule has 0 bridgehead atoms. The van der Waals surface area contributed by atoms with Crippen LogP contribution in [0.3, 0.4) is 0 Å². The molecule has 0 fully saturated rings. The van der Waals surface area contributed by atoms with Gasteiger partial charge in [0.05, 0.1) is 5.75 Å². The number of hydrogen-bond acceptors (Lipinski definition) is 6. The molecule has 0 saturated carbocycles. The van der Waals surface area contributed by atoms with Gasteiger partial charge >= 0.3 is 0 Å². The van der Waals surface area contributed by atoms with E-state index in [1.165, 1.54) is 24.8 Å². The zero-order chi connectivity index (χ0) is 24.6. The van der Waals surface area contributed by atoms with Crippen molar-refractivity contribution >= 4 is 35.0 Å². The zero-order valence-corrected chi connectivity index (χ0v) is 19.6. The van der Waals surface area contributed by atoms with E-state index in [0.717, 1.165) is 5.69 Å². The number of ether oxygens (including phenoxy) is 1. The van der Waals surface area contributed by atoms with Crippen molar-refractivity contribution in [3.05, 3.63) is 90.5 Å². The number of halogens is 1. The molecule has 0 aliphatic rings. The lowest BCUT2D eigenvalue weighted by Gasteiger charge is -2.11. The Balaban J connectivity index is 1.47. The number of hydrogen-bond donors (Lipinski definition) is 2. The molecule has 2 N–H and O–H groups in total. The fourth-order valence-electron chi connectivity index (χ4n) is 3.23. The van der Waals surface area contributed by atoms with Gasteiger partial charge in [-0.25, -0.2) is 4.39 Å². The molecule has 35 heavy (non-hydrogen) atoms. The van der Waals surface area contributed by atoms with Gasteiger partial charge in [-0.3, -0.25) is 14.2 Å². The third kappa shape index (κ3) is 6.45. The van der Waals surface area contributed by atoms with Crippen molar-refractivity contribution in [2.45, 2.75) is 18.7 Å². The first-order chi connectivity index (χ1) is 17.0. The molecular weight excluding hydrogens is 469 g/mol. The highest BCUT2D eigenvalue weighted by atomic mass is 32.2. The first-order valence-corrected chi connectivity index (χ1v) is 11.7. The summed E-state index contributed by atoms with van der Waals surface area (Å²) in [4.78, 5) is 23.8. The minimum atomic E-state index is -0.466. The summed E-state index contributed by atoms with van der Waals surface area (Å²) in [6.45, 7) is 1.41. The Morgan fingerprint density at radius 1 is 0.943 bits per heavy atom. The Hall–Kier alpha value is -4.18. The van der Waals surface area contributed by atoms with Crippen LogP contribution in [0.4, 0.5) is 15.8 Å². The van der Waals surface area contributed by atoms with Crippen molar-refractivity contribution < 1.29 is 18.7 Å². The molecule has 4 aromatic rings. The minimum Gasteiger partial charge on any atom is -0.483 e. The van der Waals surface area contributed by atoms with Crippen molar-refractivity contribution in [1.82, 2.24) is 14.8 Å². The van der Waals surface area contributed by atoms with Gasteiger partial charge in [-0.05, 0) is 42.5 Å². The van der Waals surface area contributed by atoms with Crippen molar-refractivity contribution in [3.8, 4) is 11.4 Å². The van der Waals surface area contributed by atoms with Crippen LogP contribution in [0.15, 0.2) is 84.0 Å². The van der Waals surface area contributed by atoms with Crippen molar-refractivity contribution in [2.75, 3.05) is 16.4 Å². The molecule has 0 spiro atoms. The molecule has 0 atom stereocenters. The van der Waals surface area contributed by atoms with Gasteiger partial charge in [-0.1, -0.05) is 48.2 Å². The van der Waals surface area contributed by atoms with Gasteiger partial charge < -0.3 is 15.4 Å². The predicted octanol–water partition coefficient (Wildman–Crippen LogP) is 4.67. The average molecular weight is 492 g/mol. The van der Waals surface area contributed by atoms with Gasteiger partial charge in [0.25, 0.3) is 0 Å². The highest BCUT2D eigenvalue weighted by Gasteiger charge is 2.17. The van der Waals surface area contributed by atoms with Crippen LogP contribution in [0.5, 0.6) is 5.75 Å². The van der Waals surface area contributed by atoms with Crippen LogP contribution in [-0.4, -0.2) is 32.3 Å². The van der Waals surface area contributed by atoms with E-state index in [4.69, 9.17) is 4.74 Å². The van der Waals surface area contributed by atoms with Gasteiger partial charge in [0.2, 0.25) is 11.8 Å². The Labute approximate surface area is 205 Å². The number of benzene rings is 3. The number of carbonyl (C=O) groups excluding carboxylic acids is 2. The van der Waals surface area contributed by atoms with E-state index in [2.05, 4.69) is 20.8 Å². The summed E-state index contributed by atoms with van der Waals surface area (Å²) in [5.74, 6) is -0.257. The van der Waals surface area contributed by atoms with Gasteiger partial charge in [0.15, 0.2) is 22.5 Å². The molecule has 0 aliphatic heterocycles. The monoisotopic (exact) mass is 491 g/mol. The molecule has 3 aromatic carbocycles. The number of anilines is 2. The topological polar surface area (TPSA) is 98.1 Å². The quantitative estimate of drug-likeness (QED) is 0.330. The molecule has 8 nitrogen and oxygen atoms in total. The number of amides is 2. The largest absolute Gasteiger partial charge is 0.483 e. The lowest BCUT2D eigenvalue weighted by atomic mass is 10.2. The number of thioether (sulfide) groups is 1. The number of aromatic nitrogens is 3. The molecule has 4 rings (SSSR count). The molecule has 10 heteroatoms. The van der Waals surface area contributed by atoms with Gasteiger partial charge in [-0.15, -0.1) is 10.2 Å². The van der Waals surface area contributed by atoms with E-state index in [1.54, 1.807) is 47.0 Å². The number of para-hydroxylation sites is 2. The lowest BCUT2D eigenvalue weighted by Crippen LogP contribution is -2.15. The second-order valence-electron chi connectivity index (χ2n) is 7.39. The van der Waals surface area contributed by atoms with Crippen LogP contribution in [-0.2, 0) is 16.2 Å². The Kier molecular flexibility index (Phi) is 7.74. The standard InChI is InChI=1S/C25H22FN5O3S/c1-17(32)27-18-8-7-9-19(14-18)28-24(33)16-35-25-30-29-23(31(25)20-10-3-2-4-11-20)15-34-22-13-6-5-12-21(22)26/h2-14H,15-16H2,1H3,(H,27,32)(H,28,33). The summed E-state index contributed by atoms with van der Waals surface area (Å²) in [5.41, 5.74) is 1.94. The first-order valence-electron chi connectivity index (χ1n) is 10.7. The van der Waals surface area contributed by atoms with Crippen LogP contribution in [0.1, 0.15) is 12.7 Å². The molecule has 1 aromatic heterocycles. The van der Waals surface area contributed by atoms with E-state index in [0.29, 0.717) is 22.4 Å². The Morgan fingerprint density at radius 3 is 2.40 bits per heavy atom. The van der Waals surface area contributed by atoms with Crippen LogP contribution in [0.2, 0.25) is 0 Å². The fourth-order valence-corrected chi connectivity index (χ4v) is 4.00. The molecule has 0 radical (unpaired) electrons. The van der Waals surface area contributed by atoms with Crippen molar-refractivity contribution in [1.29, 1.82) is 0 Å². The molecule has 1 heterocycles. The lowest BCUT2D eigenvalue weighted by molar-refractivity contribution is -0.114. The first kappa shape index (κ1) is 24.0. The maximum absolute atomic E-state index is 14.0. The van der Waals surface area contributed by atoms with Gasteiger partial charge in [0.1, 0.15) is 6.61 Å². The normalized spacial score (nSPS) is 10.6. The van der Waals surface area contributed by atoms with Gasteiger partial charge in [0, 0.05) is 24.0 Å². The number of nitrogens with one attached hydrogen (secondary N) is 2. The summed E-state index contributed by atoms with van der Waals surface area (Å²) < 4.78 is 21.4. The van der Waals surface area contributed by atoms with E-state index in [1.807, 2.05) is 30.3 Å². The summed E-state index contributed by atoms with van der Waals surface area (Å²) >= 11 is 1.21. The fraction of sp³-hybridized carbons (Fsp3) is 0.120. The van der Waals surface area contributed by atoms with Gasteiger partial charge in [-0.2, -0.15) is 0 Å². The summed E-state index contributed by atoms with van der Waals surface area (Å²) in [7, 11) is 0. The van der Waals surface area contributed by atoms with Crippen LogP contribution in [0.25, 0.3) is 5.69 Å². The van der Waals surface area contributed by atoms with Crippen LogP contribution >= 0.6 is 11.8 Å². The van der Waals surface area contributed by atoms with E-state index < -0.39 is 5.82 Å². The average Bonchev–Trinajstić information content (AvgIpc) is 3.25. The number of nitrogens with zero attached hydrogens (tertiary/aromatic N) is 3. The Bertz CT molecular complexity index is 1330. The molecule has 0 saturated heterocycles. The molecule has 0 unspecified atom stereocenters. The van der Waals surface area contributed by atoms with E-state index in [-0.39, 0.29) is 29.9 Å². The molecular formula is C25H22FN5O3S. The maximum Gasteiger partial charge on any atom is 0.234 e. The van der Waals surface area contributed by atoms with Crippen LogP contribution < -0.4 is 15.4 Å². The van der Waals surface area contributed by atoms with Crippen molar-refractivity contribution in [3.63, 3.8) is 0 Å². The third-order valence-electron chi connectivity index (χ3n) is 4.71. The molecule has 178 valence electrons. The second kappa shape index (κ2) is 11.3. The predicted molar refractivity (Wildman–Crippen MR) is 132 cm³/mol. The highest BCUT2D eigenvalue weighted by molar-refractivity contribution is 7.99. The van der Waals surface area contributed by atoms with E-state index in [9.17, 15) is 14.0 Å². The van der Waals surface area contributed by atoms with Crippen molar-refractivity contribution in [2.24, 2.45) is 0 Å². The Morgan fingerprint density at radius 2 is 1.66 bits per heavy atom. The molecule has 2 amide bonds. The smallest absolute Gasteiger partial charge is 0.234 e. The SMILES string of the molecule is CC(=O)Nc1cccc(NC(=O)CSc2nnc(COc3ccccc3F)n2-c2ccccc2)c1. The molecule has 0 aliphatic carbocycles. The summed E-state index contributed by atoms with van der Waals surface area (Å²) in [6.07, 6.45) is 0. The van der Waals surface area contributed by atoms with Crippen LogP contribution in [0, 0.1) is 5.82 Å². The summed E-state index contributed by atoms with van der Waals surface area (Å²) in [6, 6.07) is 22.4. The number of rotatable bonds is 9.